The largest absolute Gasteiger partial charge is 0.508 e. The minimum Gasteiger partial charge on any atom is -0.508 e. The third-order valence-electron chi connectivity index (χ3n) is 5.18. The Bertz CT molecular complexity index is 1060. The van der Waals surface area contributed by atoms with Gasteiger partial charge < -0.3 is 15.3 Å². The fourth-order valence-electron chi connectivity index (χ4n) is 3.48. The summed E-state index contributed by atoms with van der Waals surface area (Å²) in [5.74, 6) is -0.149. The lowest BCUT2D eigenvalue weighted by molar-refractivity contribution is -0.122. The smallest absolute Gasteiger partial charge is 0.229 e. The highest BCUT2D eigenvalue weighted by atomic mass is 16.3. The topological polar surface area (TPSA) is 95.4 Å². The van der Waals surface area contributed by atoms with E-state index in [-0.39, 0.29) is 24.0 Å². The number of anilines is 2. The SMILES string of the molecule is CCc1ccc(N2CC(C(=O)Nc3cnc(-c4cccc(O)c4)nc3)CC2=O)cc1. The van der Waals surface area contributed by atoms with E-state index in [1.54, 1.807) is 29.2 Å². The molecule has 7 nitrogen and oxygen atoms in total. The zero-order valence-electron chi connectivity index (χ0n) is 16.6. The molecule has 152 valence electrons. The van der Waals surface area contributed by atoms with Crippen LogP contribution in [0.4, 0.5) is 11.4 Å². The molecule has 1 aromatic heterocycles. The van der Waals surface area contributed by atoms with Crippen molar-refractivity contribution in [3.05, 3.63) is 66.5 Å². The number of aromatic nitrogens is 2. The summed E-state index contributed by atoms with van der Waals surface area (Å²) >= 11 is 0. The van der Waals surface area contributed by atoms with Gasteiger partial charge in [-0.25, -0.2) is 9.97 Å². The van der Waals surface area contributed by atoms with Crippen molar-refractivity contribution >= 4 is 23.2 Å². The van der Waals surface area contributed by atoms with Crippen molar-refractivity contribution in [2.24, 2.45) is 5.92 Å². The number of aryl methyl sites for hydroxylation is 1. The van der Waals surface area contributed by atoms with Crippen molar-refractivity contribution in [1.82, 2.24) is 9.97 Å². The van der Waals surface area contributed by atoms with E-state index in [0.29, 0.717) is 23.6 Å². The van der Waals surface area contributed by atoms with Gasteiger partial charge >= 0.3 is 0 Å². The van der Waals surface area contributed by atoms with Gasteiger partial charge in [0.1, 0.15) is 5.75 Å². The number of nitrogens with zero attached hydrogens (tertiary/aromatic N) is 3. The van der Waals surface area contributed by atoms with Crippen LogP contribution in [0.1, 0.15) is 18.9 Å². The van der Waals surface area contributed by atoms with Crippen molar-refractivity contribution in [2.45, 2.75) is 19.8 Å². The second-order valence-electron chi connectivity index (χ2n) is 7.26. The molecule has 0 radical (unpaired) electrons. The lowest BCUT2D eigenvalue weighted by atomic mass is 10.1. The van der Waals surface area contributed by atoms with E-state index in [1.165, 1.54) is 18.0 Å². The van der Waals surface area contributed by atoms with E-state index in [2.05, 4.69) is 22.2 Å². The third-order valence-corrected chi connectivity index (χ3v) is 5.18. The molecule has 4 rings (SSSR count). The number of rotatable bonds is 5. The Labute approximate surface area is 174 Å². The second kappa shape index (κ2) is 8.32. The lowest BCUT2D eigenvalue weighted by Crippen LogP contribution is -2.28. The molecule has 7 heteroatoms. The van der Waals surface area contributed by atoms with Gasteiger partial charge in [-0.3, -0.25) is 9.59 Å². The van der Waals surface area contributed by atoms with Crippen LogP contribution in [0, 0.1) is 5.92 Å². The Kier molecular flexibility index (Phi) is 5.43. The molecule has 1 unspecified atom stereocenters. The molecule has 0 saturated carbocycles. The molecule has 2 amide bonds. The molecule has 1 aliphatic rings. The quantitative estimate of drug-likeness (QED) is 0.682. The zero-order valence-corrected chi connectivity index (χ0v) is 16.6. The van der Waals surface area contributed by atoms with E-state index >= 15 is 0 Å². The molecule has 1 atom stereocenters. The van der Waals surface area contributed by atoms with Gasteiger partial charge in [0.25, 0.3) is 0 Å². The van der Waals surface area contributed by atoms with E-state index in [1.807, 2.05) is 24.3 Å². The highest BCUT2D eigenvalue weighted by Crippen LogP contribution is 2.27. The molecular formula is C23H22N4O3. The standard InChI is InChI=1S/C23H22N4O3/c1-2-15-6-8-19(9-7-15)27-14-17(11-21(27)29)23(30)26-18-12-24-22(25-13-18)16-4-3-5-20(28)10-16/h3-10,12-13,17,28H,2,11,14H2,1H3,(H,26,30). The van der Waals surface area contributed by atoms with Crippen LogP contribution in [0.25, 0.3) is 11.4 Å². The maximum absolute atomic E-state index is 12.7. The van der Waals surface area contributed by atoms with E-state index in [4.69, 9.17) is 0 Å². The average molecular weight is 402 g/mol. The predicted molar refractivity (Wildman–Crippen MR) is 114 cm³/mol. The molecule has 2 N–H and O–H groups in total. The molecule has 0 bridgehead atoms. The first-order valence-corrected chi connectivity index (χ1v) is 9.85. The van der Waals surface area contributed by atoms with Crippen LogP contribution in [-0.4, -0.2) is 33.4 Å². The Balaban J connectivity index is 1.40. The Morgan fingerprint density at radius 1 is 1.17 bits per heavy atom. The average Bonchev–Trinajstić information content (AvgIpc) is 3.16. The maximum Gasteiger partial charge on any atom is 0.229 e. The Morgan fingerprint density at radius 2 is 1.90 bits per heavy atom. The summed E-state index contributed by atoms with van der Waals surface area (Å²) in [5, 5.41) is 12.4. The number of hydrogen-bond acceptors (Lipinski definition) is 5. The van der Waals surface area contributed by atoms with Crippen LogP contribution < -0.4 is 10.2 Å². The number of carbonyl (C=O) groups is 2. The molecule has 2 heterocycles. The maximum atomic E-state index is 12.7. The molecular weight excluding hydrogens is 380 g/mol. The number of carbonyl (C=O) groups excluding carboxylic acids is 2. The van der Waals surface area contributed by atoms with E-state index in [9.17, 15) is 14.7 Å². The number of aromatic hydroxyl groups is 1. The molecule has 0 spiro atoms. The number of phenolic OH excluding ortho intramolecular Hbond substituents is 1. The zero-order chi connectivity index (χ0) is 21.1. The molecule has 1 saturated heterocycles. The second-order valence-corrected chi connectivity index (χ2v) is 7.26. The Hall–Kier alpha value is -3.74. The number of amides is 2. The van der Waals surface area contributed by atoms with Crippen LogP contribution in [0.2, 0.25) is 0 Å². The number of phenols is 1. The summed E-state index contributed by atoms with van der Waals surface area (Å²) in [4.78, 5) is 35.2. The fourth-order valence-corrected chi connectivity index (χ4v) is 3.48. The molecule has 1 fully saturated rings. The third kappa shape index (κ3) is 4.15. The number of nitrogens with one attached hydrogen (secondary N) is 1. The first kappa shape index (κ1) is 19.6. The van der Waals surface area contributed by atoms with Gasteiger partial charge in [0, 0.05) is 24.2 Å². The molecule has 1 aliphatic heterocycles. The van der Waals surface area contributed by atoms with Gasteiger partial charge in [0.2, 0.25) is 11.8 Å². The molecule has 3 aromatic rings. The summed E-state index contributed by atoms with van der Waals surface area (Å²) in [6.45, 7) is 2.43. The van der Waals surface area contributed by atoms with Crippen LogP contribution in [0.3, 0.4) is 0 Å². The molecule has 30 heavy (non-hydrogen) atoms. The first-order valence-electron chi connectivity index (χ1n) is 9.85. The minimum atomic E-state index is -0.436. The van der Waals surface area contributed by atoms with E-state index in [0.717, 1.165) is 12.1 Å². The fraction of sp³-hybridized carbons (Fsp3) is 0.217. The van der Waals surface area contributed by atoms with Gasteiger partial charge in [-0.2, -0.15) is 0 Å². The summed E-state index contributed by atoms with van der Waals surface area (Å²) in [7, 11) is 0. The van der Waals surface area contributed by atoms with Crippen LogP contribution in [0.5, 0.6) is 5.75 Å². The van der Waals surface area contributed by atoms with Crippen LogP contribution >= 0.6 is 0 Å². The summed E-state index contributed by atoms with van der Waals surface area (Å²) in [6, 6.07) is 14.5. The highest BCUT2D eigenvalue weighted by Gasteiger charge is 2.35. The van der Waals surface area contributed by atoms with Gasteiger partial charge in [-0.05, 0) is 36.2 Å². The van der Waals surface area contributed by atoms with Crippen LogP contribution in [0.15, 0.2) is 60.9 Å². The summed E-state index contributed by atoms with van der Waals surface area (Å²) in [5.41, 5.74) is 3.15. The first-order chi connectivity index (χ1) is 14.5. The van der Waals surface area contributed by atoms with Crippen molar-refractivity contribution in [1.29, 1.82) is 0 Å². The van der Waals surface area contributed by atoms with Gasteiger partial charge in [0.05, 0.1) is 24.0 Å². The number of benzene rings is 2. The summed E-state index contributed by atoms with van der Waals surface area (Å²) in [6.07, 6.45) is 4.14. The lowest BCUT2D eigenvalue weighted by Gasteiger charge is -2.17. The normalized spacial score (nSPS) is 16.0. The van der Waals surface area contributed by atoms with Crippen molar-refractivity contribution < 1.29 is 14.7 Å². The van der Waals surface area contributed by atoms with Crippen LogP contribution in [-0.2, 0) is 16.0 Å². The minimum absolute atomic E-state index is 0.0603. The van der Waals surface area contributed by atoms with Gasteiger partial charge in [-0.15, -0.1) is 0 Å². The van der Waals surface area contributed by atoms with Crippen molar-refractivity contribution in [3.8, 4) is 17.1 Å². The van der Waals surface area contributed by atoms with Crippen molar-refractivity contribution in [2.75, 3.05) is 16.8 Å². The predicted octanol–water partition coefficient (Wildman–Crippen LogP) is 3.40. The highest BCUT2D eigenvalue weighted by molar-refractivity contribution is 6.03. The molecule has 0 aliphatic carbocycles. The van der Waals surface area contributed by atoms with Gasteiger partial charge in [-0.1, -0.05) is 31.2 Å². The van der Waals surface area contributed by atoms with Crippen molar-refractivity contribution in [3.63, 3.8) is 0 Å². The summed E-state index contributed by atoms with van der Waals surface area (Å²) < 4.78 is 0. The number of hydrogen-bond donors (Lipinski definition) is 2. The Morgan fingerprint density at radius 3 is 2.57 bits per heavy atom. The molecule has 2 aromatic carbocycles. The monoisotopic (exact) mass is 402 g/mol. The van der Waals surface area contributed by atoms with E-state index < -0.39 is 5.92 Å². The van der Waals surface area contributed by atoms with Gasteiger partial charge in [0.15, 0.2) is 5.82 Å².